The molecule has 0 unspecified atom stereocenters. The molecule has 0 bridgehead atoms. The molecule has 74 valence electrons. The Balaban J connectivity index is 2.83. The zero-order valence-corrected chi connectivity index (χ0v) is 8.87. The van der Waals surface area contributed by atoms with Gasteiger partial charge < -0.3 is 0 Å². The Bertz CT molecular complexity index is 340. The van der Waals surface area contributed by atoms with Crippen LogP contribution in [0.4, 0.5) is 0 Å². The Morgan fingerprint density at radius 2 is 1.79 bits per heavy atom. The Morgan fingerprint density at radius 1 is 1.21 bits per heavy atom. The lowest BCUT2D eigenvalue weighted by atomic mass is 9.87. The molecule has 0 aliphatic carbocycles. The summed E-state index contributed by atoms with van der Waals surface area (Å²) in [6, 6.07) is 8.16. The molecule has 0 heterocycles. The van der Waals surface area contributed by atoms with Crippen molar-refractivity contribution < 1.29 is 4.79 Å². The standard InChI is InChI=1S/C12H15NO/c1-12(2,3)11-6-4-10(5-7-11)8-13-9-14/h4-7H,8H2,1-3H3. The molecule has 1 aromatic carbocycles. The molecule has 0 saturated heterocycles. The second-order valence-electron chi connectivity index (χ2n) is 4.35. The number of hydrogen-bond donors (Lipinski definition) is 0. The molecule has 0 saturated carbocycles. The van der Waals surface area contributed by atoms with Crippen LogP contribution in [-0.2, 0) is 16.8 Å². The van der Waals surface area contributed by atoms with Crippen LogP contribution >= 0.6 is 0 Å². The highest BCUT2D eigenvalue weighted by Crippen LogP contribution is 2.22. The smallest absolute Gasteiger partial charge is 0.211 e. The molecule has 1 aromatic rings. The highest BCUT2D eigenvalue weighted by atomic mass is 16.1. The number of carbonyl (C=O) groups excluding carboxylic acids is 1. The molecule has 0 amide bonds. The second-order valence-corrected chi connectivity index (χ2v) is 4.35. The minimum absolute atomic E-state index is 0.173. The normalized spacial score (nSPS) is 10.8. The van der Waals surface area contributed by atoms with E-state index in [-0.39, 0.29) is 5.41 Å². The van der Waals surface area contributed by atoms with E-state index in [1.807, 2.05) is 12.1 Å². The molecular weight excluding hydrogens is 174 g/mol. The van der Waals surface area contributed by atoms with Crippen LogP contribution in [0.1, 0.15) is 31.9 Å². The summed E-state index contributed by atoms with van der Waals surface area (Å²) in [6.07, 6.45) is 1.54. The Kier molecular flexibility index (Phi) is 3.21. The maximum absolute atomic E-state index is 9.91. The van der Waals surface area contributed by atoms with E-state index in [1.165, 1.54) is 11.6 Å². The number of isocyanates is 1. The van der Waals surface area contributed by atoms with E-state index in [2.05, 4.69) is 37.9 Å². The van der Waals surface area contributed by atoms with Gasteiger partial charge >= 0.3 is 0 Å². The van der Waals surface area contributed by atoms with Crippen LogP contribution in [0.5, 0.6) is 0 Å². The zero-order chi connectivity index (χ0) is 10.6. The first-order valence-electron chi connectivity index (χ1n) is 4.67. The maximum atomic E-state index is 9.91. The third kappa shape index (κ3) is 2.82. The third-order valence-electron chi connectivity index (χ3n) is 2.15. The van der Waals surface area contributed by atoms with Gasteiger partial charge in [-0.25, -0.2) is 9.79 Å². The molecule has 0 aliphatic rings. The van der Waals surface area contributed by atoms with Crippen molar-refractivity contribution in [3.05, 3.63) is 35.4 Å². The van der Waals surface area contributed by atoms with E-state index >= 15 is 0 Å². The van der Waals surface area contributed by atoms with Gasteiger partial charge in [0.1, 0.15) is 0 Å². The third-order valence-corrected chi connectivity index (χ3v) is 2.15. The molecule has 0 spiro atoms. The number of aliphatic imine (C=N–C) groups is 1. The molecule has 0 atom stereocenters. The van der Waals surface area contributed by atoms with E-state index < -0.39 is 0 Å². The van der Waals surface area contributed by atoms with Gasteiger partial charge in [0.05, 0.1) is 6.54 Å². The zero-order valence-electron chi connectivity index (χ0n) is 8.87. The van der Waals surface area contributed by atoms with Crippen molar-refractivity contribution >= 4 is 6.08 Å². The van der Waals surface area contributed by atoms with Gasteiger partial charge in [0.15, 0.2) is 0 Å². The van der Waals surface area contributed by atoms with Crippen molar-refractivity contribution in [2.45, 2.75) is 32.7 Å². The van der Waals surface area contributed by atoms with Crippen LogP contribution in [0.3, 0.4) is 0 Å². The number of benzene rings is 1. The summed E-state index contributed by atoms with van der Waals surface area (Å²) in [4.78, 5) is 13.4. The first-order valence-corrected chi connectivity index (χ1v) is 4.67. The van der Waals surface area contributed by atoms with Crippen molar-refractivity contribution in [3.8, 4) is 0 Å². The van der Waals surface area contributed by atoms with Gasteiger partial charge in [-0.3, -0.25) is 0 Å². The summed E-state index contributed by atoms with van der Waals surface area (Å²) in [5, 5.41) is 0. The Morgan fingerprint density at radius 3 is 2.21 bits per heavy atom. The molecule has 0 fully saturated rings. The first kappa shape index (κ1) is 10.7. The number of rotatable bonds is 2. The Hall–Kier alpha value is -1.40. The summed E-state index contributed by atoms with van der Waals surface area (Å²) < 4.78 is 0. The van der Waals surface area contributed by atoms with Crippen molar-refractivity contribution in [2.24, 2.45) is 4.99 Å². The average Bonchev–Trinajstić information content (AvgIpc) is 2.14. The molecule has 0 N–H and O–H groups in total. The number of hydrogen-bond acceptors (Lipinski definition) is 2. The second kappa shape index (κ2) is 4.21. The highest BCUT2D eigenvalue weighted by molar-refractivity contribution is 5.34. The molecule has 0 aliphatic heterocycles. The van der Waals surface area contributed by atoms with Crippen LogP contribution < -0.4 is 0 Å². The fourth-order valence-electron chi connectivity index (χ4n) is 1.23. The molecule has 2 heteroatoms. The summed E-state index contributed by atoms with van der Waals surface area (Å²) in [7, 11) is 0. The average molecular weight is 189 g/mol. The lowest BCUT2D eigenvalue weighted by Crippen LogP contribution is -2.10. The minimum Gasteiger partial charge on any atom is -0.211 e. The van der Waals surface area contributed by atoms with Crippen LogP contribution in [0, 0.1) is 0 Å². The van der Waals surface area contributed by atoms with Gasteiger partial charge in [0.2, 0.25) is 6.08 Å². The SMILES string of the molecule is CC(C)(C)c1ccc(CN=C=O)cc1. The van der Waals surface area contributed by atoms with Crippen molar-refractivity contribution in [1.29, 1.82) is 0 Å². The largest absolute Gasteiger partial charge is 0.235 e. The van der Waals surface area contributed by atoms with Crippen LogP contribution in [0.15, 0.2) is 29.3 Å². The minimum atomic E-state index is 0.173. The molecule has 0 radical (unpaired) electrons. The van der Waals surface area contributed by atoms with Gasteiger partial charge in [-0.15, -0.1) is 0 Å². The van der Waals surface area contributed by atoms with Crippen LogP contribution in [-0.4, -0.2) is 6.08 Å². The van der Waals surface area contributed by atoms with Gasteiger partial charge in [-0.05, 0) is 16.5 Å². The van der Waals surface area contributed by atoms with Crippen LogP contribution in [0.2, 0.25) is 0 Å². The fraction of sp³-hybridized carbons (Fsp3) is 0.417. The van der Waals surface area contributed by atoms with Crippen molar-refractivity contribution in [1.82, 2.24) is 0 Å². The lowest BCUT2D eigenvalue weighted by Gasteiger charge is -2.18. The molecule has 1 rings (SSSR count). The predicted octanol–water partition coefficient (Wildman–Crippen LogP) is 2.82. The number of nitrogens with zero attached hydrogens (tertiary/aromatic N) is 1. The summed E-state index contributed by atoms with van der Waals surface area (Å²) in [6.45, 7) is 6.94. The van der Waals surface area contributed by atoms with Crippen molar-refractivity contribution in [3.63, 3.8) is 0 Å². The first-order chi connectivity index (χ1) is 6.54. The summed E-state index contributed by atoms with van der Waals surface area (Å²) in [5.41, 5.74) is 2.50. The monoisotopic (exact) mass is 189 g/mol. The van der Waals surface area contributed by atoms with Gasteiger partial charge in [-0.1, -0.05) is 45.0 Å². The van der Waals surface area contributed by atoms with Gasteiger partial charge in [0.25, 0.3) is 0 Å². The highest BCUT2D eigenvalue weighted by Gasteiger charge is 2.12. The van der Waals surface area contributed by atoms with Gasteiger partial charge in [0, 0.05) is 0 Å². The lowest BCUT2D eigenvalue weighted by molar-refractivity contribution is 0.562. The van der Waals surface area contributed by atoms with E-state index in [0.29, 0.717) is 6.54 Å². The maximum Gasteiger partial charge on any atom is 0.235 e. The topological polar surface area (TPSA) is 29.4 Å². The van der Waals surface area contributed by atoms with Crippen LogP contribution in [0.25, 0.3) is 0 Å². The van der Waals surface area contributed by atoms with E-state index in [0.717, 1.165) is 5.56 Å². The van der Waals surface area contributed by atoms with E-state index in [4.69, 9.17) is 0 Å². The predicted molar refractivity (Wildman–Crippen MR) is 57.0 cm³/mol. The van der Waals surface area contributed by atoms with Gasteiger partial charge in [-0.2, -0.15) is 0 Å². The van der Waals surface area contributed by atoms with E-state index in [1.54, 1.807) is 0 Å². The molecule has 2 nitrogen and oxygen atoms in total. The Labute approximate surface area is 84.7 Å². The van der Waals surface area contributed by atoms with Crippen molar-refractivity contribution in [2.75, 3.05) is 0 Å². The summed E-state index contributed by atoms with van der Waals surface area (Å²) >= 11 is 0. The fourth-order valence-corrected chi connectivity index (χ4v) is 1.23. The quantitative estimate of drug-likeness (QED) is 0.519. The molecular formula is C12H15NO. The summed E-state index contributed by atoms with van der Waals surface area (Å²) in [5.74, 6) is 0. The molecule has 0 aromatic heterocycles. The molecule has 14 heavy (non-hydrogen) atoms. The van der Waals surface area contributed by atoms with E-state index in [9.17, 15) is 4.79 Å².